The number of hydrogen-bond donors (Lipinski definition) is 1. The van der Waals surface area contributed by atoms with Crippen molar-refractivity contribution in [2.75, 3.05) is 0 Å². The number of benzene rings is 2. The van der Waals surface area contributed by atoms with Crippen LogP contribution in [0.1, 0.15) is 24.2 Å². The summed E-state index contributed by atoms with van der Waals surface area (Å²) >= 11 is 5.88. The summed E-state index contributed by atoms with van der Waals surface area (Å²) in [6.07, 6.45) is -0.815. The van der Waals surface area contributed by atoms with Crippen molar-refractivity contribution >= 4 is 11.6 Å². The predicted molar refractivity (Wildman–Crippen MR) is 73.3 cm³/mol. The Hall–Kier alpha value is -1.58. The molecule has 0 amide bonds. The summed E-state index contributed by atoms with van der Waals surface area (Å²) in [5, 5.41) is 10.2. The van der Waals surface area contributed by atoms with Gasteiger partial charge in [0.1, 0.15) is 17.3 Å². The van der Waals surface area contributed by atoms with Crippen LogP contribution < -0.4 is 4.74 Å². The zero-order chi connectivity index (χ0) is 14.0. The van der Waals surface area contributed by atoms with E-state index in [9.17, 15) is 9.50 Å². The van der Waals surface area contributed by atoms with E-state index in [1.54, 1.807) is 44.2 Å². The van der Waals surface area contributed by atoms with E-state index < -0.39 is 6.10 Å². The first-order valence-corrected chi connectivity index (χ1v) is 6.26. The standard InChI is InChI=1S/C15H14ClFO2/c1-9-6-15(13(10(2)18)8-14(9)17)19-12-5-3-4-11(16)7-12/h3-8,10,18H,1-2H3. The average Bonchev–Trinajstić information content (AvgIpc) is 2.33. The fraction of sp³-hybridized carbons (Fsp3) is 0.200. The van der Waals surface area contributed by atoms with E-state index in [0.717, 1.165) is 0 Å². The maximum absolute atomic E-state index is 13.5. The van der Waals surface area contributed by atoms with Crippen molar-refractivity contribution in [1.82, 2.24) is 0 Å². The van der Waals surface area contributed by atoms with Crippen LogP contribution in [0.25, 0.3) is 0 Å². The minimum absolute atomic E-state index is 0.366. The van der Waals surface area contributed by atoms with E-state index in [4.69, 9.17) is 16.3 Å². The third-order valence-corrected chi connectivity index (χ3v) is 3.00. The van der Waals surface area contributed by atoms with Gasteiger partial charge in [-0.2, -0.15) is 0 Å². The minimum Gasteiger partial charge on any atom is -0.457 e. The van der Waals surface area contributed by atoms with Gasteiger partial charge < -0.3 is 9.84 Å². The van der Waals surface area contributed by atoms with Gasteiger partial charge in [-0.15, -0.1) is 0 Å². The van der Waals surface area contributed by atoms with Crippen molar-refractivity contribution < 1.29 is 14.2 Å². The van der Waals surface area contributed by atoms with Crippen LogP contribution in [0, 0.1) is 12.7 Å². The van der Waals surface area contributed by atoms with Gasteiger partial charge in [0, 0.05) is 10.6 Å². The van der Waals surface area contributed by atoms with Gasteiger partial charge in [0.25, 0.3) is 0 Å². The first-order chi connectivity index (χ1) is 8.97. The molecule has 2 rings (SSSR count). The first kappa shape index (κ1) is 13.8. The summed E-state index contributed by atoms with van der Waals surface area (Å²) in [5.41, 5.74) is 0.865. The molecule has 0 heterocycles. The summed E-state index contributed by atoms with van der Waals surface area (Å²) < 4.78 is 19.2. The summed E-state index contributed by atoms with van der Waals surface area (Å²) in [5.74, 6) is 0.603. The molecule has 0 aromatic heterocycles. The lowest BCUT2D eigenvalue weighted by Crippen LogP contribution is -1.99. The molecule has 19 heavy (non-hydrogen) atoms. The quantitative estimate of drug-likeness (QED) is 0.888. The highest BCUT2D eigenvalue weighted by Crippen LogP contribution is 2.32. The van der Waals surface area contributed by atoms with Crippen LogP contribution in [-0.2, 0) is 0 Å². The molecule has 0 bridgehead atoms. The van der Waals surface area contributed by atoms with Gasteiger partial charge in [-0.25, -0.2) is 4.39 Å². The number of hydrogen-bond acceptors (Lipinski definition) is 2. The molecule has 4 heteroatoms. The Labute approximate surface area is 116 Å². The third kappa shape index (κ3) is 3.25. The minimum atomic E-state index is -0.815. The number of rotatable bonds is 3. The van der Waals surface area contributed by atoms with Gasteiger partial charge in [0.2, 0.25) is 0 Å². The topological polar surface area (TPSA) is 29.5 Å². The highest BCUT2D eigenvalue weighted by molar-refractivity contribution is 6.30. The molecule has 1 atom stereocenters. The SMILES string of the molecule is Cc1cc(Oc2cccc(Cl)c2)c(C(C)O)cc1F. The summed E-state index contributed by atoms with van der Waals surface area (Å²) in [6.45, 7) is 3.21. The van der Waals surface area contributed by atoms with Gasteiger partial charge in [-0.1, -0.05) is 17.7 Å². The zero-order valence-electron chi connectivity index (χ0n) is 10.7. The van der Waals surface area contributed by atoms with E-state index in [-0.39, 0.29) is 5.82 Å². The number of aryl methyl sites for hydroxylation is 1. The van der Waals surface area contributed by atoms with Crippen molar-refractivity contribution in [3.8, 4) is 11.5 Å². The molecular formula is C15H14ClFO2. The number of aliphatic hydroxyl groups is 1. The van der Waals surface area contributed by atoms with Gasteiger partial charge in [0.05, 0.1) is 6.10 Å². The lowest BCUT2D eigenvalue weighted by atomic mass is 10.1. The molecule has 1 unspecified atom stereocenters. The number of ether oxygens (including phenoxy) is 1. The molecule has 0 saturated heterocycles. The highest BCUT2D eigenvalue weighted by Gasteiger charge is 2.13. The van der Waals surface area contributed by atoms with Gasteiger partial charge in [-0.3, -0.25) is 0 Å². The van der Waals surface area contributed by atoms with Crippen LogP contribution in [0.5, 0.6) is 11.5 Å². The molecule has 100 valence electrons. The smallest absolute Gasteiger partial charge is 0.133 e. The molecule has 0 aliphatic rings. The van der Waals surface area contributed by atoms with Gasteiger partial charge in [-0.05, 0) is 49.7 Å². The lowest BCUT2D eigenvalue weighted by molar-refractivity contribution is 0.195. The van der Waals surface area contributed by atoms with Crippen LogP contribution >= 0.6 is 11.6 Å². The second-order valence-electron chi connectivity index (χ2n) is 4.37. The van der Waals surface area contributed by atoms with Crippen LogP contribution in [0.2, 0.25) is 5.02 Å². The van der Waals surface area contributed by atoms with Crippen LogP contribution in [0.4, 0.5) is 4.39 Å². The van der Waals surface area contributed by atoms with Crippen molar-refractivity contribution in [2.24, 2.45) is 0 Å². The maximum atomic E-state index is 13.5. The fourth-order valence-corrected chi connectivity index (χ4v) is 1.92. The third-order valence-electron chi connectivity index (χ3n) is 2.77. The Morgan fingerprint density at radius 1 is 1.26 bits per heavy atom. The summed E-state index contributed by atoms with van der Waals surface area (Å²) in [6, 6.07) is 9.76. The molecule has 0 aliphatic heterocycles. The summed E-state index contributed by atoms with van der Waals surface area (Å²) in [7, 11) is 0. The second kappa shape index (κ2) is 5.59. The Bertz CT molecular complexity index is 597. The lowest BCUT2D eigenvalue weighted by Gasteiger charge is -2.14. The number of aliphatic hydroxyl groups excluding tert-OH is 1. The first-order valence-electron chi connectivity index (χ1n) is 5.89. The summed E-state index contributed by atoms with van der Waals surface area (Å²) in [4.78, 5) is 0. The molecule has 2 nitrogen and oxygen atoms in total. The second-order valence-corrected chi connectivity index (χ2v) is 4.81. The number of halogens is 2. The Balaban J connectivity index is 2.41. The van der Waals surface area contributed by atoms with E-state index in [2.05, 4.69) is 0 Å². The van der Waals surface area contributed by atoms with E-state index in [1.807, 2.05) is 0 Å². The Morgan fingerprint density at radius 2 is 2.00 bits per heavy atom. The van der Waals surface area contributed by atoms with Crippen LogP contribution in [0.3, 0.4) is 0 Å². The van der Waals surface area contributed by atoms with Crippen molar-refractivity contribution in [3.05, 3.63) is 58.4 Å². The molecule has 0 spiro atoms. The normalized spacial score (nSPS) is 12.3. The Morgan fingerprint density at radius 3 is 2.63 bits per heavy atom. The molecule has 0 radical (unpaired) electrons. The largest absolute Gasteiger partial charge is 0.457 e. The highest BCUT2D eigenvalue weighted by atomic mass is 35.5. The van der Waals surface area contributed by atoms with E-state index in [0.29, 0.717) is 27.6 Å². The van der Waals surface area contributed by atoms with Gasteiger partial charge >= 0.3 is 0 Å². The van der Waals surface area contributed by atoms with Crippen molar-refractivity contribution in [1.29, 1.82) is 0 Å². The molecular weight excluding hydrogens is 267 g/mol. The van der Waals surface area contributed by atoms with Crippen molar-refractivity contribution in [2.45, 2.75) is 20.0 Å². The maximum Gasteiger partial charge on any atom is 0.133 e. The molecule has 2 aromatic carbocycles. The monoisotopic (exact) mass is 280 g/mol. The zero-order valence-corrected chi connectivity index (χ0v) is 11.4. The van der Waals surface area contributed by atoms with E-state index in [1.165, 1.54) is 6.07 Å². The molecule has 2 aromatic rings. The van der Waals surface area contributed by atoms with Crippen LogP contribution in [-0.4, -0.2) is 5.11 Å². The molecule has 0 saturated carbocycles. The molecule has 1 N–H and O–H groups in total. The predicted octanol–water partition coefficient (Wildman–Crippen LogP) is 4.63. The van der Waals surface area contributed by atoms with E-state index >= 15 is 0 Å². The Kier molecular flexibility index (Phi) is 4.08. The van der Waals surface area contributed by atoms with Crippen molar-refractivity contribution in [3.63, 3.8) is 0 Å². The van der Waals surface area contributed by atoms with Crippen LogP contribution in [0.15, 0.2) is 36.4 Å². The molecule has 0 aliphatic carbocycles. The fourth-order valence-electron chi connectivity index (χ4n) is 1.74. The average molecular weight is 281 g/mol. The molecule has 0 fully saturated rings. The van der Waals surface area contributed by atoms with Gasteiger partial charge in [0.15, 0.2) is 0 Å².